The minimum absolute atomic E-state index is 0.0182. The molecule has 0 unspecified atom stereocenters. The van der Waals surface area contributed by atoms with Crippen molar-refractivity contribution in [2.45, 2.75) is 20.3 Å². The van der Waals surface area contributed by atoms with E-state index in [1.165, 1.54) is 29.5 Å². The van der Waals surface area contributed by atoms with Crippen molar-refractivity contribution in [3.8, 4) is 5.13 Å². The lowest BCUT2D eigenvalue weighted by Gasteiger charge is -2.00. The molecule has 3 rings (SSSR count). The Balaban J connectivity index is 1.49. The smallest absolute Gasteiger partial charge is 0.269 e. The first-order chi connectivity index (χ1) is 13.4. The zero-order chi connectivity index (χ0) is 20.1. The largest absolute Gasteiger partial charge is 0.352 e. The van der Waals surface area contributed by atoms with E-state index in [1.807, 2.05) is 30.0 Å². The zero-order valence-corrected chi connectivity index (χ0v) is 16.3. The van der Waals surface area contributed by atoms with Crippen LogP contribution in [0.15, 0.2) is 41.8 Å². The number of thiazole rings is 1. The summed E-state index contributed by atoms with van der Waals surface area (Å²) in [5, 5.41) is 20.6. The predicted molar refractivity (Wildman–Crippen MR) is 108 cm³/mol. The van der Waals surface area contributed by atoms with E-state index in [-0.39, 0.29) is 11.6 Å². The van der Waals surface area contributed by atoms with E-state index in [0.29, 0.717) is 13.0 Å². The Labute approximate surface area is 165 Å². The van der Waals surface area contributed by atoms with Gasteiger partial charge in [0.1, 0.15) is 0 Å². The van der Waals surface area contributed by atoms with Crippen LogP contribution in [0.3, 0.4) is 0 Å². The molecule has 0 saturated heterocycles. The molecule has 0 aliphatic heterocycles. The number of nitrogens with zero attached hydrogens (tertiary/aromatic N) is 4. The Morgan fingerprint density at radius 3 is 2.71 bits per heavy atom. The number of amides is 1. The van der Waals surface area contributed by atoms with Crippen molar-refractivity contribution in [3.05, 3.63) is 74.5 Å². The second kappa shape index (κ2) is 8.57. The van der Waals surface area contributed by atoms with E-state index in [4.69, 9.17) is 0 Å². The van der Waals surface area contributed by atoms with Crippen LogP contribution in [-0.2, 0) is 11.2 Å². The van der Waals surface area contributed by atoms with Gasteiger partial charge in [0.05, 0.1) is 16.3 Å². The number of nitro groups is 1. The lowest BCUT2D eigenvalue weighted by molar-refractivity contribution is -0.384. The molecule has 2 aromatic heterocycles. The molecule has 0 fully saturated rings. The maximum atomic E-state index is 11.9. The fourth-order valence-electron chi connectivity index (χ4n) is 2.58. The highest BCUT2D eigenvalue weighted by molar-refractivity contribution is 7.12. The Bertz CT molecular complexity index is 1020. The summed E-state index contributed by atoms with van der Waals surface area (Å²) in [4.78, 5) is 26.6. The van der Waals surface area contributed by atoms with Crippen LogP contribution >= 0.6 is 11.3 Å². The third kappa shape index (κ3) is 4.89. The second-order valence-corrected chi connectivity index (χ2v) is 7.02. The van der Waals surface area contributed by atoms with Crippen LogP contribution < -0.4 is 5.32 Å². The number of hydrogen-bond acceptors (Lipinski definition) is 6. The van der Waals surface area contributed by atoms with E-state index in [2.05, 4.69) is 15.4 Å². The fraction of sp³-hybridized carbons (Fsp3) is 0.211. The van der Waals surface area contributed by atoms with Crippen LogP contribution in [0.2, 0.25) is 0 Å². The first kappa shape index (κ1) is 19.4. The first-order valence-electron chi connectivity index (χ1n) is 8.61. The van der Waals surface area contributed by atoms with Gasteiger partial charge in [0, 0.05) is 42.2 Å². The highest BCUT2D eigenvalue weighted by atomic mass is 32.1. The summed E-state index contributed by atoms with van der Waals surface area (Å²) >= 11 is 1.51. The molecular weight excluding hydrogens is 378 g/mol. The number of benzene rings is 1. The maximum absolute atomic E-state index is 11.9. The number of rotatable bonds is 7. The van der Waals surface area contributed by atoms with Crippen molar-refractivity contribution in [1.82, 2.24) is 20.1 Å². The van der Waals surface area contributed by atoms with E-state index in [9.17, 15) is 14.9 Å². The number of carbonyl (C=O) groups is 1. The molecular formula is C19H19N5O3S. The first-order valence-corrected chi connectivity index (χ1v) is 9.49. The third-order valence-corrected chi connectivity index (χ3v) is 4.81. The van der Waals surface area contributed by atoms with Gasteiger partial charge in [0.2, 0.25) is 11.0 Å². The molecule has 28 heavy (non-hydrogen) atoms. The molecule has 0 atom stereocenters. The van der Waals surface area contributed by atoms with Gasteiger partial charge in [-0.25, -0.2) is 9.67 Å². The maximum Gasteiger partial charge on any atom is 0.269 e. The van der Waals surface area contributed by atoms with Gasteiger partial charge in [0.15, 0.2) is 0 Å². The lowest BCUT2D eigenvalue weighted by atomic mass is 10.2. The van der Waals surface area contributed by atoms with Gasteiger partial charge in [-0.2, -0.15) is 5.10 Å². The van der Waals surface area contributed by atoms with E-state index >= 15 is 0 Å². The quantitative estimate of drug-likeness (QED) is 0.375. The molecule has 2 heterocycles. The molecule has 1 amide bonds. The van der Waals surface area contributed by atoms with E-state index < -0.39 is 4.92 Å². The highest BCUT2D eigenvalue weighted by Crippen LogP contribution is 2.17. The van der Waals surface area contributed by atoms with Gasteiger partial charge in [-0.3, -0.25) is 14.9 Å². The molecule has 0 bridgehead atoms. The minimum Gasteiger partial charge on any atom is -0.352 e. The van der Waals surface area contributed by atoms with Gasteiger partial charge >= 0.3 is 0 Å². The summed E-state index contributed by atoms with van der Waals surface area (Å²) in [7, 11) is 0. The molecule has 0 spiro atoms. The highest BCUT2D eigenvalue weighted by Gasteiger charge is 2.09. The summed E-state index contributed by atoms with van der Waals surface area (Å²) in [6.07, 6.45) is 3.64. The average molecular weight is 397 g/mol. The summed E-state index contributed by atoms with van der Waals surface area (Å²) in [6.45, 7) is 4.39. The van der Waals surface area contributed by atoms with Gasteiger partial charge in [-0.15, -0.1) is 11.3 Å². The minimum atomic E-state index is -0.459. The number of non-ortho nitro benzene ring substituents is 1. The summed E-state index contributed by atoms with van der Waals surface area (Å²) < 4.78 is 1.81. The number of nitrogens with one attached hydrogen (secondary N) is 1. The second-order valence-electron chi connectivity index (χ2n) is 6.18. The SMILES string of the molecule is Cc1cc(C)n(-c2nc(CCNC(=O)/C=C/c3ccc([N+](=O)[O-])cc3)cs2)n1. The van der Waals surface area contributed by atoms with Gasteiger partial charge in [-0.1, -0.05) is 0 Å². The van der Waals surface area contributed by atoms with Gasteiger partial charge in [0.25, 0.3) is 5.69 Å². The van der Waals surface area contributed by atoms with Gasteiger partial charge in [-0.05, 0) is 43.7 Å². The van der Waals surface area contributed by atoms with Crippen LogP contribution in [0.25, 0.3) is 11.2 Å². The van der Waals surface area contributed by atoms with E-state index in [1.54, 1.807) is 18.2 Å². The molecule has 1 aromatic carbocycles. The number of hydrogen-bond donors (Lipinski definition) is 1. The normalized spacial score (nSPS) is 11.1. The number of carbonyl (C=O) groups excluding carboxylic acids is 1. The summed E-state index contributed by atoms with van der Waals surface area (Å²) in [5.74, 6) is -0.229. The average Bonchev–Trinajstić information content (AvgIpc) is 3.26. The molecule has 3 aromatic rings. The molecule has 0 aliphatic carbocycles. The molecule has 1 N–H and O–H groups in total. The lowest BCUT2D eigenvalue weighted by Crippen LogP contribution is -2.23. The Morgan fingerprint density at radius 2 is 2.07 bits per heavy atom. The van der Waals surface area contributed by atoms with Crippen molar-refractivity contribution < 1.29 is 9.72 Å². The molecule has 0 aliphatic rings. The molecule has 9 heteroatoms. The number of nitro benzene ring substituents is 1. The van der Waals surface area contributed by atoms with Crippen molar-refractivity contribution in [3.63, 3.8) is 0 Å². The number of aromatic nitrogens is 3. The fourth-order valence-corrected chi connectivity index (χ4v) is 3.45. The Hall–Kier alpha value is -3.33. The molecule has 144 valence electrons. The number of aryl methyl sites for hydroxylation is 2. The van der Waals surface area contributed by atoms with Crippen LogP contribution in [0.1, 0.15) is 22.6 Å². The summed E-state index contributed by atoms with van der Waals surface area (Å²) in [5.41, 5.74) is 3.61. The van der Waals surface area contributed by atoms with Crippen molar-refractivity contribution >= 4 is 29.0 Å². The molecule has 0 radical (unpaired) electrons. The Morgan fingerprint density at radius 1 is 1.32 bits per heavy atom. The van der Waals surface area contributed by atoms with Crippen LogP contribution in [0, 0.1) is 24.0 Å². The topological polar surface area (TPSA) is 103 Å². The molecule has 8 nitrogen and oxygen atoms in total. The predicted octanol–water partition coefficient (Wildman–Crippen LogP) is 3.23. The van der Waals surface area contributed by atoms with E-state index in [0.717, 1.165) is 27.8 Å². The van der Waals surface area contributed by atoms with Crippen LogP contribution in [0.5, 0.6) is 0 Å². The third-order valence-electron chi connectivity index (χ3n) is 3.94. The van der Waals surface area contributed by atoms with Crippen molar-refractivity contribution in [2.24, 2.45) is 0 Å². The van der Waals surface area contributed by atoms with Gasteiger partial charge < -0.3 is 5.32 Å². The van der Waals surface area contributed by atoms with Crippen LogP contribution in [0.4, 0.5) is 5.69 Å². The monoisotopic (exact) mass is 397 g/mol. The van der Waals surface area contributed by atoms with Crippen molar-refractivity contribution in [2.75, 3.05) is 6.54 Å². The van der Waals surface area contributed by atoms with Crippen LogP contribution in [-0.4, -0.2) is 32.1 Å². The summed E-state index contributed by atoms with van der Waals surface area (Å²) in [6, 6.07) is 7.99. The zero-order valence-electron chi connectivity index (χ0n) is 15.5. The Kier molecular flexibility index (Phi) is 5.95. The molecule has 0 saturated carbocycles. The standard InChI is InChI=1S/C19H19N5O3S/c1-13-11-14(2)23(22-13)19-21-16(12-28-19)9-10-20-18(25)8-5-15-3-6-17(7-4-15)24(26)27/h3-8,11-12H,9-10H2,1-2H3,(H,20,25)/b8-5+. The van der Waals surface area contributed by atoms with Crippen molar-refractivity contribution in [1.29, 1.82) is 0 Å².